The molecule has 0 rings (SSSR count). The number of rotatable bonds is 46. The summed E-state index contributed by atoms with van der Waals surface area (Å²) in [6.45, 7) is 4.26. The molecular weight excluding hydrogens is 814 g/mol. The van der Waals surface area contributed by atoms with Crippen molar-refractivity contribution >= 4 is 19.8 Å². The van der Waals surface area contributed by atoms with Gasteiger partial charge in [-0.1, -0.05) is 204 Å². The molecule has 0 aromatic heterocycles. The van der Waals surface area contributed by atoms with Crippen LogP contribution in [0.3, 0.4) is 0 Å². The Morgan fingerprint density at radius 3 is 1.62 bits per heavy atom. The quantitative estimate of drug-likeness (QED) is 0.0153. The van der Waals surface area contributed by atoms with Crippen LogP contribution in [-0.2, 0) is 32.7 Å². The number of aliphatic hydroxyl groups is 1. The van der Waals surface area contributed by atoms with Crippen molar-refractivity contribution in [3.8, 4) is 0 Å². The van der Waals surface area contributed by atoms with Crippen LogP contribution >= 0.6 is 7.82 Å². The van der Waals surface area contributed by atoms with E-state index in [1.54, 1.807) is 6.08 Å². The van der Waals surface area contributed by atoms with Crippen molar-refractivity contribution in [3.63, 3.8) is 0 Å². The van der Waals surface area contributed by atoms with Crippen molar-refractivity contribution in [1.29, 1.82) is 0 Å². The molecule has 0 spiro atoms. The number of phosphoric acid groups is 1. The van der Waals surface area contributed by atoms with Crippen LogP contribution in [0.15, 0.2) is 48.6 Å². The van der Waals surface area contributed by atoms with Gasteiger partial charge in [0, 0.05) is 12.8 Å². The minimum absolute atomic E-state index is 0.0104. The molecule has 0 aliphatic rings. The predicted octanol–water partition coefficient (Wildman–Crippen LogP) is 14.0. The second kappa shape index (κ2) is 43.8. The number of unbranched alkanes of at least 4 members (excludes halogenated alkanes) is 24. The third-order valence-electron chi connectivity index (χ3n) is 10.9. The number of hydrogen-bond donors (Lipinski definition) is 2. The van der Waals surface area contributed by atoms with Crippen LogP contribution in [-0.4, -0.2) is 86.1 Å². The molecule has 0 aliphatic carbocycles. The number of esters is 2. The summed E-state index contributed by atoms with van der Waals surface area (Å²) in [6.07, 6.45) is 49.2. The summed E-state index contributed by atoms with van der Waals surface area (Å²) >= 11 is 0. The van der Waals surface area contributed by atoms with Crippen molar-refractivity contribution in [2.24, 2.45) is 0 Å². The molecule has 0 aromatic carbocycles. The van der Waals surface area contributed by atoms with Gasteiger partial charge in [0.1, 0.15) is 19.8 Å². The van der Waals surface area contributed by atoms with Crippen LogP contribution in [0.5, 0.6) is 0 Å². The maximum absolute atomic E-state index is 12.7. The van der Waals surface area contributed by atoms with Crippen molar-refractivity contribution < 1.29 is 47.2 Å². The van der Waals surface area contributed by atoms with Gasteiger partial charge in [-0.2, -0.15) is 0 Å². The lowest BCUT2D eigenvalue weighted by atomic mass is 10.0. The van der Waals surface area contributed by atoms with E-state index in [2.05, 4.69) is 19.9 Å². The molecule has 0 radical (unpaired) electrons. The van der Waals surface area contributed by atoms with Gasteiger partial charge in [0.2, 0.25) is 0 Å². The van der Waals surface area contributed by atoms with E-state index >= 15 is 0 Å². The third kappa shape index (κ3) is 47.7. The van der Waals surface area contributed by atoms with Gasteiger partial charge < -0.3 is 24.0 Å². The Labute approximate surface area is 386 Å². The fourth-order valence-electron chi connectivity index (χ4n) is 6.92. The van der Waals surface area contributed by atoms with Crippen molar-refractivity contribution in [1.82, 2.24) is 0 Å². The number of allylic oxidation sites excluding steroid dienone is 6. The summed E-state index contributed by atoms with van der Waals surface area (Å²) in [7, 11) is 1.41. The summed E-state index contributed by atoms with van der Waals surface area (Å²) < 4.78 is 34.3. The van der Waals surface area contributed by atoms with Crippen LogP contribution in [0.1, 0.15) is 213 Å². The molecule has 0 saturated carbocycles. The Balaban J connectivity index is 4.36. The number of phosphoric ester groups is 1. The first kappa shape index (κ1) is 60.9. The molecule has 0 amide bonds. The first-order chi connectivity index (χ1) is 30.4. The number of aliphatic hydroxyl groups excluding tert-OH is 1. The standard InChI is InChI=1S/C52H96NO9P/c1-6-8-10-12-14-15-16-17-18-19-20-21-22-23-24-25-26-27-31-35-39-43-51(55)59-47-50(48-61-63(57,58)60-46-45-53(3,4)5)62-52(56)44-40-36-32-29-28-30-34-38-42-49(54)41-37-33-13-11-9-7-2/h29-30,32-34,37-38,42,49-50,54H,6-28,31,35-36,39-41,43-48H2,1-5H3/p+1/b32-29-,34-30-,37-33-,42-38+/t49-,50+/m0/s1. The lowest BCUT2D eigenvalue weighted by molar-refractivity contribution is -0.870. The van der Waals surface area contributed by atoms with Crippen LogP contribution in [0.25, 0.3) is 0 Å². The van der Waals surface area contributed by atoms with Gasteiger partial charge in [-0.25, -0.2) is 4.57 Å². The van der Waals surface area contributed by atoms with E-state index < -0.39 is 38.6 Å². The van der Waals surface area contributed by atoms with E-state index in [4.69, 9.17) is 18.5 Å². The van der Waals surface area contributed by atoms with Gasteiger partial charge in [0.15, 0.2) is 6.10 Å². The predicted molar refractivity (Wildman–Crippen MR) is 263 cm³/mol. The van der Waals surface area contributed by atoms with Gasteiger partial charge in [0.25, 0.3) is 0 Å². The number of quaternary nitrogens is 1. The van der Waals surface area contributed by atoms with Gasteiger partial charge >= 0.3 is 19.8 Å². The smallest absolute Gasteiger partial charge is 0.462 e. The number of hydrogen-bond acceptors (Lipinski definition) is 8. The number of ether oxygens (including phenoxy) is 2. The SMILES string of the molecule is CCCCC/C=C\C[C@H](O)/C=C/C=C\C/C=C\CCCC(=O)O[C@H](COC(=O)CCCCCCCCCCCCCCCCCCCCCCC)COP(=O)(O)OCC[N+](C)(C)C. The van der Waals surface area contributed by atoms with Crippen LogP contribution in [0.4, 0.5) is 0 Å². The molecule has 10 nitrogen and oxygen atoms in total. The summed E-state index contributed by atoms with van der Waals surface area (Å²) in [6, 6.07) is 0. The molecule has 0 saturated heterocycles. The molecule has 0 bridgehead atoms. The highest BCUT2D eigenvalue weighted by molar-refractivity contribution is 7.47. The third-order valence-corrected chi connectivity index (χ3v) is 11.9. The Morgan fingerprint density at radius 1 is 0.571 bits per heavy atom. The Morgan fingerprint density at radius 2 is 1.06 bits per heavy atom. The van der Waals surface area contributed by atoms with E-state index in [1.807, 2.05) is 57.6 Å². The second-order valence-electron chi connectivity index (χ2n) is 18.4. The monoisotopic (exact) mass is 911 g/mol. The number of carbonyl (C=O) groups is 2. The maximum atomic E-state index is 12.7. The van der Waals surface area contributed by atoms with E-state index in [0.29, 0.717) is 30.3 Å². The first-order valence-electron chi connectivity index (χ1n) is 25.5. The van der Waals surface area contributed by atoms with E-state index in [1.165, 1.54) is 135 Å². The Kier molecular flexibility index (Phi) is 42.4. The summed E-state index contributed by atoms with van der Waals surface area (Å²) in [5.41, 5.74) is 0. The molecule has 0 heterocycles. The van der Waals surface area contributed by atoms with Crippen LogP contribution in [0.2, 0.25) is 0 Å². The molecule has 0 aromatic rings. The zero-order valence-corrected chi connectivity index (χ0v) is 42.1. The molecule has 0 fully saturated rings. The fourth-order valence-corrected chi connectivity index (χ4v) is 7.66. The fraction of sp³-hybridized carbons (Fsp3) is 0.808. The topological polar surface area (TPSA) is 129 Å². The zero-order chi connectivity index (χ0) is 46.5. The van der Waals surface area contributed by atoms with Crippen molar-refractivity contribution in [2.75, 3.05) is 47.5 Å². The van der Waals surface area contributed by atoms with Crippen LogP contribution < -0.4 is 0 Å². The van der Waals surface area contributed by atoms with Crippen LogP contribution in [0, 0.1) is 0 Å². The highest BCUT2D eigenvalue weighted by Crippen LogP contribution is 2.43. The lowest BCUT2D eigenvalue weighted by Crippen LogP contribution is -2.37. The molecule has 1 unspecified atom stereocenters. The van der Waals surface area contributed by atoms with Crippen molar-refractivity contribution in [3.05, 3.63) is 48.6 Å². The van der Waals surface area contributed by atoms with Gasteiger partial charge in [-0.05, 0) is 44.9 Å². The average Bonchev–Trinajstić information content (AvgIpc) is 3.23. The second-order valence-corrected chi connectivity index (χ2v) is 19.9. The molecule has 368 valence electrons. The number of carbonyl (C=O) groups excluding carboxylic acids is 2. The zero-order valence-electron chi connectivity index (χ0n) is 41.2. The maximum Gasteiger partial charge on any atom is 0.472 e. The molecule has 2 N–H and O–H groups in total. The van der Waals surface area contributed by atoms with Gasteiger partial charge in [-0.15, -0.1) is 0 Å². The Hall–Kier alpha value is -2.07. The van der Waals surface area contributed by atoms with E-state index in [-0.39, 0.29) is 26.1 Å². The minimum atomic E-state index is -4.41. The molecular formula is C52H97NO9P+. The molecule has 63 heavy (non-hydrogen) atoms. The Bertz CT molecular complexity index is 1230. The highest BCUT2D eigenvalue weighted by Gasteiger charge is 2.27. The summed E-state index contributed by atoms with van der Waals surface area (Å²) in [5.74, 6) is -0.896. The lowest BCUT2D eigenvalue weighted by Gasteiger charge is -2.24. The van der Waals surface area contributed by atoms with Gasteiger partial charge in [-0.3, -0.25) is 18.6 Å². The van der Waals surface area contributed by atoms with E-state index in [9.17, 15) is 24.2 Å². The average molecular weight is 911 g/mol. The molecule has 3 atom stereocenters. The van der Waals surface area contributed by atoms with E-state index in [0.717, 1.165) is 32.1 Å². The molecule has 11 heteroatoms. The van der Waals surface area contributed by atoms with Crippen molar-refractivity contribution in [2.45, 2.75) is 225 Å². The summed E-state index contributed by atoms with van der Waals surface area (Å²) in [4.78, 5) is 35.5. The largest absolute Gasteiger partial charge is 0.472 e. The number of likely N-dealkylation sites (N-methyl/N-ethyl adjacent to an activating group) is 1. The summed E-state index contributed by atoms with van der Waals surface area (Å²) in [5, 5.41) is 10.1. The number of nitrogens with zero attached hydrogens (tertiary/aromatic N) is 1. The first-order valence-corrected chi connectivity index (χ1v) is 27.0. The normalized spacial score (nSPS) is 14.3. The minimum Gasteiger partial charge on any atom is -0.462 e. The highest BCUT2D eigenvalue weighted by atomic mass is 31.2. The van der Waals surface area contributed by atoms with Gasteiger partial charge in [0.05, 0.1) is 33.9 Å². The molecule has 0 aliphatic heterocycles.